The molecule has 1 spiro atoms. The molecular weight excluding hydrogens is 573 g/mol. The van der Waals surface area contributed by atoms with Crippen LogP contribution in [0.3, 0.4) is 0 Å². The molecule has 1 aromatic heterocycles. The van der Waals surface area contributed by atoms with Crippen LogP contribution in [-0.2, 0) is 34.3 Å². The van der Waals surface area contributed by atoms with Crippen molar-refractivity contribution in [2.75, 3.05) is 38.5 Å². The maximum Gasteiger partial charge on any atom is 0.350 e. The second-order valence-corrected chi connectivity index (χ2v) is 15.8. The number of nitrogens with zero attached hydrogens (tertiary/aromatic N) is 1. The van der Waals surface area contributed by atoms with Gasteiger partial charge in [0.2, 0.25) is 13.3 Å². The van der Waals surface area contributed by atoms with Crippen molar-refractivity contribution in [2.24, 2.45) is 11.8 Å². The second-order valence-electron chi connectivity index (χ2n) is 12.1. The van der Waals surface area contributed by atoms with E-state index in [4.69, 9.17) is 18.7 Å². The number of methoxy groups -OCH3 is 1. The summed E-state index contributed by atoms with van der Waals surface area (Å²) in [6.07, 6.45) is 7.11. The van der Waals surface area contributed by atoms with Gasteiger partial charge in [0.25, 0.3) is 0 Å². The number of carbonyl (C=O) groups is 2. The number of hydrogen-bond acceptors (Lipinski definition) is 8. The van der Waals surface area contributed by atoms with E-state index in [-0.39, 0.29) is 17.9 Å². The smallest absolute Gasteiger partial charge is 0.350 e. The third-order valence-corrected chi connectivity index (χ3v) is 11.8. The van der Waals surface area contributed by atoms with E-state index in [0.717, 1.165) is 67.4 Å². The highest BCUT2D eigenvalue weighted by Crippen LogP contribution is 2.47. The number of rotatable bonds is 9. The molecule has 2 aromatic rings. The van der Waals surface area contributed by atoms with E-state index in [2.05, 4.69) is 6.92 Å². The van der Waals surface area contributed by atoms with Crippen molar-refractivity contribution in [3.8, 4) is 10.4 Å². The topological polar surface area (TPSA) is 91.4 Å². The quantitative estimate of drug-likeness (QED) is 0.213. The van der Waals surface area contributed by atoms with Crippen molar-refractivity contribution in [3.05, 3.63) is 40.8 Å². The Morgan fingerprint density at radius 2 is 1.69 bits per heavy atom. The zero-order valence-corrected chi connectivity index (χ0v) is 27.0. The first kappa shape index (κ1) is 31.4. The molecule has 230 valence electrons. The van der Waals surface area contributed by atoms with Crippen molar-refractivity contribution in [1.29, 1.82) is 0 Å². The van der Waals surface area contributed by atoms with Gasteiger partial charge in [-0.2, -0.15) is 0 Å². The number of hydrogen-bond donors (Lipinski definition) is 0. The summed E-state index contributed by atoms with van der Waals surface area (Å²) in [7, 11) is -1.33. The average molecular weight is 618 g/mol. The molecule has 1 atom stereocenters. The van der Waals surface area contributed by atoms with Crippen LogP contribution >= 0.6 is 18.7 Å². The first-order chi connectivity index (χ1) is 20.1. The summed E-state index contributed by atoms with van der Waals surface area (Å²) < 4.78 is 35.3. The highest BCUT2D eigenvalue weighted by atomic mass is 32.1. The molecule has 5 rings (SSSR count). The number of carbonyl (C=O) groups excluding carboxylic acids is 2. The van der Waals surface area contributed by atoms with Gasteiger partial charge >= 0.3 is 5.97 Å². The summed E-state index contributed by atoms with van der Waals surface area (Å²) in [4.78, 5) is 30.7. The van der Waals surface area contributed by atoms with E-state index in [0.29, 0.717) is 42.5 Å². The zero-order valence-electron chi connectivity index (χ0n) is 25.3. The third kappa shape index (κ3) is 7.02. The van der Waals surface area contributed by atoms with Crippen LogP contribution in [0, 0.1) is 11.8 Å². The molecule has 0 N–H and O–H groups in total. The van der Waals surface area contributed by atoms with Crippen LogP contribution in [0.5, 0.6) is 0 Å². The number of ether oxygens (including phenoxy) is 3. The van der Waals surface area contributed by atoms with Crippen molar-refractivity contribution < 1.29 is 32.9 Å². The number of thiophene rings is 1. The molecule has 1 amide bonds. The van der Waals surface area contributed by atoms with Gasteiger partial charge in [-0.1, -0.05) is 31.2 Å². The van der Waals surface area contributed by atoms with Gasteiger partial charge in [0.1, 0.15) is 4.88 Å². The number of amides is 1. The van der Waals surface area contributed by atoms with Crippen LogP contribution in [0.2, 0.25) is 0 Å². The molecule has 2 aliphatic carbocycles. The Morgan fingerprint density at radius 3 is 2.29 bits per heavy atom. The average Bonchev–Trinajstić information content (AvgIpc) is 3.62. The SMILES string of the molecule is CCOP(C)(=O)Cc1ccc(-c2cc(N(C(=O)[C@H]3CC[C@H](C)CC3)C3CCC4(CC3)OCCO4)c(C(=O)OC)s2)cc1. The van der Waals surface area contributed by atoms with Gasteiger partial charge in [0, 0.05) is 42.5 Å². The lowest BCUT2D eigenvalue weighted by molar-refractivity contribution is -0.179. The number of esters is 1. The van der Waals surface area contributed by atoms with E-state index >= 15 is 0 Å². The molecule has 3 fully saturated rings. The predicted molar refractivity (Wildman–Crippen MR) is 165 cm³/mol. The zero-order chi connectivity index (χ0) is 29.9. The fourth-order valence-electron chi connectivity index (χ4n) is 6.65. The second kappa shape index (κ2) is 13.3. The Bertz CT molecular complexity index is 1280. The molecule has 42 heavy (non-hydrogen) atoms. The molecule has 2 heterocycles. The monoisotopic (exact) mass is 617 g/mol. The summed E-state index contributed by atoms with van der Waals surface area (Å²) in [5.74, 6) is -0.297. The van der Waals surface area contributed by atoms with Gasteiger partial charge in [-0.25, -0.2) is 4.79 Å². The molecule has 10 heteroatoms. The Kier molecular flexibility index (Phi) is 9.95. The summed E-state index contributed by atoms with van der Waals surface area (Å²) in [6.45, 7) is 7.38. The van der Waals surface area contributed by atoms with Gasteiger partial charge in [0.15, 0.2) is 5.79 Å². The summed E-state index contributed by atoms with van der Waals surface area (Å²) in [5.41, 5.74) is 2.49. The van der Waals surface area contributed by atoms with Gasteiger partial charge in [-0.3, -0.25) is 9.36 Å². The highest BCUT2D eigenvalue weighted by molar-refractivity contribution is 7.57. The van der Waals surface area contributed by atoms with Gasteiger partial charge in [-0.05, 0) is 68.6 Å². The minimum Gasteiger partial charge on any atom is -0.465 e. The first-order valence-electron chi connectivity index (χ1n) is 15.3. The van der Waals surface area contributed by atoms with Gasteiger partial charge < -0.3 is 23.6 Å². The minimum atomic E-state index is -2.71. The molecule has 1 aliphatic heterocycles. The van der Waals surface area contributed by atoms with Crippen molar-refractivity contribution >= 4 is 36.3 Å². The highest BCUT2D eigenvalue weighted by Gasteiger charge is 2.44. The molecule has 1 unspecified atom stereocenters. The van der Waals surface area contributed by atoms with Crippen LogP contribution in [0.1, 0.15) is 80.4 Å². The number of benzene rings is 1. The fraction of sp³-hybridized carbons (Fsp3) is 0.625. The largest absolute Gasteiger partial charge is 0.465 e. The van der Waals surface area contributed by atoms with Crippen molar-refractivity contribution in [1.82, 2.24) is 0 Å². The molecule has 0 bridgehead atoms. The van der Waals surface area contributed by atoms with Crippen molar-refractivity contribution in [3.63, 3.8) is 0 Å². The van der Waals surface area contributed by atoms with E-state index in [1.54, 1.807) is 6.66 Å². The minimum absolute atomic E-state index is 0.0548. The lowest BCUT2D eigenvalue weighted by Crippen LogP contribution is -2.49. The molecular formula is C32H44NO7PS. The van der Waals surface area contributed by atoms with E-state index in [1.165, 1.54) is 18.4 Å². The normalized spacial score (nSPS) is 23.9. The molecule has 1 aromatic carbocycles. The summed E-state index contributed by atoms with van der Waals surface area (Å²) in [6, 6.07) is 9.79. The Morgan fingerprint density at radius 1 is 1.05 bits per heavy atom. The Balaban J connectivity index is 1.47. The van der Waals surface area contributed by atoms with Crippen molar-refractivity contribution in [2.45, 2.75) is 83.2 Å². The van der Waals surface area contributed by atoms with Gasteiger partial charge in [0.05, 0.1) is 32.6 Å². The van der Waals surface area contributed by atoms with Crippen LogP contribution in [0.4, 0.5) is 5.69 Å². The standard InChI is InChI=1S/C32H44NO7PS/c1-5-40-41(4,36)21-23-8-12-24(13-9-23)28-20-27(29(42-28)31(35)37-3)33(30(34)25-10-6-22(2)7-11-25)26-14-16-32(17-15-26)38-18-19-39-32/h8-9,12-13,20,22,25-26H,5-7,10-11,14-19,21H2,1-4H3/t22-,25-,41?. The lowest BCUT2D eigenvalue weighted by Gasteiger charge is -2.42. The third-order valence-electron chi connectivity index (χ3n) is 8.95. The van der Waals surface area contributed by atoms with E-state index in [9.17, 15) is 14.2 Å². The Hall–Kier alpha value is -2.03. The summed E-state index contributed by atoms with van der Waals surface area (Å²) in [5, 5.41) is 0. The van der Waals surface area contributed by atoms with Crippen LogP contribution in [-0.4, -0.2) is 57.3 Å². The fourth-order valence-corrected chi connectivity index (χ4v) is 9.24. The maximum atomic E-state index is 14.3. The lowest BCUT2D eigenvalue weighted by atomic mass is 9.81. The number of anilines is 1. The maximum absolute atomic E-state index is 14.3. The van der Waals surface area contributed by atoms with Crippen LogP contribution < -0.4 is 4.90 Å². The molecule has 8 nitrogen and oxygen atoms in total. The Labute approximate surface area is 253 Å². The van der Waals surface area contributed by atoms with Gasteiger partial charge in [-0.15, -0.1) is 11.3 Å². The van der Waals surface area contributed by atoms with E-state index in [1.807, 2.05) is 42.2 Å². The molecule has 2 saturated carbocycles. The van der Waals surface area contributed by atoms with E-state index < -0.39 is 19.1 Å². The van der Waals surface area contributed by atoms with Crippen LogP contribution in [0.25, 0.3) is 10.4 Å². The first-order valence-corrected chi connectivity index (χ1v) is 18.3. The predicted octanol–water partition coefficient (Wildman–Crippen LogP) is 7.49. The molecule has 1 saturated heterocycles. The molecule has 3 aliphatic rings. The summed E-state index contributed by atoms with van der Waals surface area (Å²) >= 11 is 1.35. The molecule has 0 radical (unpaired) electrons. The van der Waals surface area contributed by atoms with Crippen LogP contribution in [0.15, 0.2) is 30.3 Å².